The molecule has 1 saturated heterocycles. The molecule has 1 aliphatic heterocycles. The molecule has 1 atom stereocenters. The predicted octanol–water partition coefficient (Wildman–Crippen LogP) is 1.31. The number of hydrogen-bond donors (Lipinski definition) is 2. The van der Waals surface area contributed by atoms with Crippen molar-refractivity contribution in [2.24, 2.45) is 7.05 Å². The van der Waals surface area contributed by atoms with Crippen LogP contribution in [-0.4, -0.2) is 35.4 Å². The molecule has 2 heterocycles. The van der Waals surface area contributed by atoms with Crippen molar-refractivity contribution in [3.8, 4) is 5.88 Å². The van der Waals surface area contributed by atoms with Crippen LogP contribution in [0.3, 0.4) is 0 Å². The van der Waals surface area contributed by atoms with Crippen molar-refractivity contribution in [2.75, 3.05) is 13.7 Å². The molecule has 1 aromatic rings. The summed E-state index contributed by atoms with van der Waals surface area (Å²) in [7, 11) is 3.54. The van der Waals surface area contributed by atoms with E-state index in [-0.39, 0.29) is 11.9 Å². The lowest BCUT2D eigenvalue weighted by Crippen LogP contribution is -2.42. The number of nitrogens with one attached hydrogen (secondary N) is 2. The Kier molecular flexibility index (Phi) is 5.22. The Bertz CT molecular complexity index is 496. The fraction of sp³-hybridized carbons (Fsp3) is 0.733. The van der Waals surface area contributed by atoms with E-state index in [2.05, 4.69) is 29.6 Å². The summed E-state index contributed by atoms with van der Waals surface area (Å²) in [5.41, 5.74) is 2.07. The Morgan fingerprint density at radius 2 is 2.24 bits per heavy atom. The van der Waals surface area contributed by atoms with Gasteiger partial charge < -0.3 is 15.4 Å². The Hall–Kier alpha value is -1.56. The first-order valence-electron chi connectivity index (χ1n) is 7.65. The second-order valence-electron chi connectivity index (χ2n) is 5.87. The number of aromatic nitrogens is 2. The topological polar surface area (TPSA) is 68.2 Å². The lowest BCUT2D eigenvalue weighted by molar-refractivity contribution is -0.122. The fourth-order valence-electron chi connectivity index (χ4n) is 2.82. The van der Waals surface area contributed by atoms with E-state index in [4.69, 9.17) is 4.74 Å². The van der Waals surface area contributed by atoms with E-state index >= 15 is 0 Å². The first kappa shape index (κ1) is 15.8. The number of hydrogen-bond acceptors (Lipinski definition) is 4. The molecule has 0 saturated carbocycles. The van der Waals surface area contributed by atoms with Crippen LogP contribution >= 0.6 is 0 Å². The maximum absolute atomic E-state index is 12.0. The van der Waals surface area contributed by atoms with Gasteiger partial charge in [-0.2, -0.15) is 5.10 Å². The van der Waals surface area contributed by atoms with E-state index in [1.54, 1.807) is 11.8 Å². The first-order chi connectivity index (χ1) is 10.0. The monoisotopic (exact) mass is 294 g/mol. The molecule has 21 heavy (non-hydrogen) atoms. The van der Waals surface area contributed by atoms with Crippen molar-refractivity contribution in [1.29, 1.82) is 0 Å². The highest BCUT2D eigenvalue weighted by atomic mass is 16.5. The highest BCUT2D eigenvalue weighted by Crippen LogP contribution is 2.27. The summed E-state index contributed by atoms with van der Waals surface area (Å²) in [6.07, 6.45) is 3.00. The van der Waals surface area contributed by atoms with Crippen molar-refractivity contribution in [1.82, 2.24) is 20.4 Å². The molecular weight excluding hydrogens is 268 g/mol. The predicted molar refractivity (Wildman–Crippen MR) is 81.3 cm³/mol. The minimum absolute atomic E-state index is 0.0986. The Labute approximate surface area is 126 Å². The fourth-order valence-corrected chi connectivity index (χ4v) is 2.82. The highest BCUT2D eigenvalue weighted by molar-refractivity contribution is 5.81. The van der Waals surface area contributed by atoms with Gasteiger partial charge in [-0.3, -0.25) is 4.79 Å². The molecule has 6 heteroatoms. The standard InChI is InChI=1S/C15H26N4O2/c1-10(2)13-11(15(21-4)19(3)18-13)9-17-12-7-5-6-8-16-14(12)20/h10,12,17H,5-9H2,1-4H3,(H,16,20)/t12-/m1/s1. The molecule has 1 amide bonds. The van der Waals surface area contributed by atoms with Crippen molar-refractivity contribution in [3.05, 3.63) is 11.3 Å². The molecule has 1 aliphatic rings. The smallest absolute Gasteiger partial charge is 0.237 e. The van der Waals surface area contributed by atoms with E-state index in [1.807, 2.05) is 7.05 Å². The van der Waals surface area contributed by atoms with Gasteiger partial charge in [-0.15, -0.1) is 0 Å². The number of ether oxygens (including phenoxy) is 1. The van der Waals surface area contributed by atoms with Gasteiger partial charge in [0.15, 0.2) is 0 Å². The van der Waals surface area contributed by atoms with Gasteiger partial charge in [0.25, 0.3) is 0 Å². The highest BCUT2D eigenvalue weighted by Gasteiger charge is 2.23. The van der Waals surface area contributed by atoms with Gasteiger partial charge in [-0.1, -0.05) is 13.8 Å². The van der Waals surface area contributed by atoms with Gasteiger partial charge >= 0.3 is 0 Å². The van der Waals surface area contributed by atoms with E-state index in [1.165, 1.54) is 0 Å². The molecule has 0 unspecified atom stereocenters. The number of amides is 1. The zero-order chi connectivity index (χ0) is 15.4. The molecule has 0 aromatic carbocycles. The van der Waals surface area contributed by atoms with E-state index in [9.17, 15) is 4.79 Å². The van der Waals surface area contributed by atoms with Crippen LogP contribution in [0.15, 0.2) is 0 Å². The first-order valence-corrected chi connectivity index (χ1v) is 7.65. The van der Waals surface area contributed by atoms with Crippen LogP contribution in [-0.2, 0) is 18.4 Å². The quantitative estimate of drug-likeness (QED) is 0.859. The van der Waals surface area contributed by atoms with Crippen LogP contribution in [0.1, 0.15) is 50.3 Å². The molecule has 0 bridgehead atoms. The maximum Gasteiger partial charge on any atom is 0.237 e. The van der Waals surface area contributed by atoms with Gasteiger partial charge in [0.05, 0.1) is 24.4 Å². The van der Waals surface area contributed by atoms with Crippen LogP contribution in [0.5, 0.6) is 5.88 Å². The molecule has 1 fully saturated rings. The average molecular weight is 294 g/mol. The third-order valence-electron chi connectivity index (χ3n) is 3.92. The molecule has 0 aliphatic carbocycles. The number of aryl methyl sites for hydroxylation is 1. The molecule has 118 valence electrons. The molecular formula is C15H26N4O2. The van der Waals surface area contributed by atoms with Gasteiger partial charge in [0.2, 0.25) is 11.8 Å². The summed E-state index contributed by atoms with van der Waals surface area (Å²) in [5, 5.41) is 10.8. The second kappa shape index (κ2) is 6.93. The Balaban J connectivity index is 2.13. The Morgan fingerprint density at radius 1 is 1.48 bits per heavy atom. The second-order valence-corrected chi connectivity index (χ2v) is 5.87. The van der Waals surface area contributed by atoms with Crippen molar-refractivity contribution < 1.29 is 9.53 Å². The average Bonchev–Trinajstić information content (AvgIpc) is 2.62. The molecule has 1 aromatic heterocycles. The number of methoxy groups -OCH3 is 1. The van der Waals surface area contributed by atoms with Crippen molar-refractivity contribution >= 4 is 5.91 Å². The van der Waals surface area contributed by atoms with Crippen LogP contribution < -0.4 is 15.4 Å². The summed E-state index contributed by atoms with van der Waals surface area (Å²) in [6.45, 7) is 5.61. The van der Waals surface area contributed by atoms with E-state index < -0.39 is 0 Å². The minimum Gasteiger partial charge on any atom is -0.481 e. The Morgan fingerprint density at radius 3 is 2.90 bits per heavy atom. The third kappa shape index (κ3) is 3.56. The van der Waals surface area contributed by atoms with Gasteiger partial charge in [0.1, 0.15) is 0 Å². The van der Waals surface area contributed by atoms with Gasteiger partial charge in [-0.25, -0.2) is 4.68 Å². The van der Waals surface area contributed by atoms with Crippen LogP contribution in [0.25, 0.3) is 0 Å². The van der Waals surface area contributed by atoms with E-state index in [0.717, 1.165) is 42.9 Å². The molecule has 6 nitrogen and oxygen atoms in total. The summed E-state index contributed by atoms with van der Waals surface area (Å²) in [4.78, 5) is 12.0. The lowest BCUT2D eigenvalue weighted by atomic mass is 10.0. The lowest BCUT2D eigenvalue weighted by Gasteiger charge is -2.16. The largest absolute Gasteiger partial charge is 0.481 e. The zero-order valence-electron chi connectivity index (χ0n) is 13.4. The summed E-state index contributed by atoms with van der Waals surface area (Å²) in [5.74, 6) is 1.18. The number of rotatable bonds is 5. The number of carbonyl (C=O) groups excluding carboxylic acids is 1. The summed E-state index contributed by atoms with van der Waals surface area (Å²) < 4.78 is 7.22. The number of nitrogens with zero attached hydrogens (tertiary/aromatic N) is 2. The normalized spacial score (nSPS) is 19.5. The molecule has 2 N–H and O–H groups in total. The maximum atomic E-state index is 12.0. The summed E-state index contributed by atoms with van der Waals surface area (Å²) in [6, 6.07) is -0.127. The summed E-state index contributed by atoms with van der Waals surface area (Å²) >= 11 is 0. The van der Waals surface area contributed by atoms with Crippen molar-refractivity contribution in [2.45, 2.75) is 51.6 Å². The third-order valence-corrected chi connectivity index (χ3v) is 3.92. The van der Waals surface area contributed by atoms with Gasteiger partial charge in [0, 0.05) is 20.1 Å². The van der Waals surface area contributed by atoms with Crippen LogP contribution in [0.4, 0.5) is 0 Å². The van der Waals surface area contributed by atoms with Crippen molar-refractivity contribution in [3.63, 3.8) is 0 Å². The van der Waals surface area contributed by atoms with Crippen LogP contribution in [0.2, 0.25) is 0 Å². The minimum atomic E-state index is -0.127. The SMILES string of the molecule is COc1c(CN[C@@H]2CCCCNC2=O)c(C(C)C)nn1C. The molecule has 2 rings (SSSR count). The van der Waals surface area contributed by atoms with Crippen LogP contribution in [0, 0.1) is 0 Å². The van der Waals surface area contributed by atoms with Gasteiger partial charge in [-0.05, 0) is 25.2 Å². The molecule has 0 radical (unpaired) electrons. The molecule has 0 spiro atoms. The number of carbonyl (C=O) groups is 1. The van der Waals surface area contributed by atoms with E-state index in [0.29, 0.717) is 12.5 Å². The zero-order valence-corrected chi connectivity index (χ0v) is 13.4.